The monoisotopic (exact) mass is 414 g/mol. The molecule has 1 saturated carbocycles. The van der Waals surface area contributed by atoms with Crippen LogP contribution in [0.25, 0.3) is 22.3 Å². The van der Waals surface area contributed by atoms with Crippen molar-refractivity contribution in [1.29, 1.82) is 5.26 Å². The standard InChI is InChI=1S/C18H22N8O2S/c1-25(29(20,27)28)18-14(16-13-7-9-21-17(13)23-11-22-16)10-26(24-18)15(6-8-19)12-4-2-3-5-12/h7,9-12,15H,2-6H2,1H3,(H2,20,27,28)(H,21,22,23). The largest absolute Gasteiger partial charge is 0.346 e. The SMILES string of the molecule is CN(c1nn(C(CC#N)C2CCCC2)cc1-c1ncnc2[nH]ccc12)S(N)(=O)=O. The van der Waals surface area contributed by atoms with E-state index in [1.54, 1.807) is 17.1 Å². The second kappa shape index (κ2) is 7.46. The molecule has 1 atom stereocenters. The van der Waals surface area contributed by atoms with E-state index in [1.165, 1.54) is 13.4 Å². The average molecular weight is 414 g/mol. The Hall–Kier alpha value is -2.97. The van der Waals surface area contributed by atoms with Crippen LogP contribution >= 0.6 is 0 Å². The minimum atomic E-state index is -4.03. The fourth-order valence-corrected chi connectivity index (χ4v) is 4.45. The predicted molar refractivity (Wildman–Crippen MR) is 108 cm³/mol. The molecule has 152 valence electrons. The zero-order chi connectivity index (χ0) is 20.6. The molecule has 0 aliphatic heterocycles. The van der Waals surface area contributed by atoms with Crippen molar-refractivity contribution in [1.82, 2.24) is 24.7 Å². The molecule has 0 saturated heterocycles. The number of rotatable bonds is 6. The lowest BCUT2D eigenvalue weighted by Crippen LogP contribution is -2.34. The number of nitrogens with zero attached hydrogens (tertiary/aromatic N) is 6. The normalized spacial score (nSPS) is 16.2. The number of fused-ring (bicyclic) bond motifs is 1. The molecule has 29 heavy (non-hydrogen) atoms. The molecule has 10 nitrogen and oxygen atoms in total. The summed E-state index contributed by atoms with van der Waals surface area (Å²) in [6.45, 7) is 0. The summed E-state index contributed by atoms with van der Waals surface area (Å²) >= 11 is 0. The molecular formula is C18H22N8O2S. The summed E-state index contributed by atoms with van der Waals surface area (Å²) in [5, 5.41) is 20.0. The highest BCUT2D eigenvalue weighted by atomic mass is 32.2. The van der Waals surface area contributed by atoms with Crippen molar-refractivity contribution < 1.29 is 8.42 Å². The van der Waals surface area contributed by atoms with Gasteiger partial charge in [-0.3, -0.25) is 4.68 Å². The molecule has 1 aliphatic rings. The summed E-state index contributed by atoms with van der Waals surface area (Å²) in [5.41, 5.74) is 1.71. The van der Waals surface area contributed by atoms with Crippen LogP contribution in [0.1, 0.15) is 38.1 Å². The fourth-order valence-electron chi connectivity index (χ4n) is 4.07. The number of anilines is 1. The Kier molecular flexibility index (Phi) is 4.97. The van der Waals surface area contributed by atoms with Crippen molar-refractivity contribution in [3.8, 4) is 17.3 Å². The van der Waals surface area contributed by atoms with E-state index in [-0.39, 0.29) is 11.9 Å². The number of aromatic amines is 1. The molecule has 0 bridgehead atoms. The van der Waals surface area contributed by atoms with Gasteiger partial charge in [0.2, 0.25) is 0 Å². The number of nitriles is 1. The molecule has 1 aliphatic carbocycles. The zero-order valence-corrected chi connectivity index (χ0v) is 16.8. The van der Waals surface area contributed by atoms with Crippen LogP contribution in [0.2, 0.25) is 0 Å². The number of H-pyrrole nitrogens is 1. The molecule has 4 rings (SSSR count). The summed E-state index contributed by atoms with van der Waals surface area (Å²) < 4.78 is 26.8. The lowest BCUT2D eigenvalue weighted by molar-refractivity contribution is 0.315. The maximum atomic E-state index is 12.1. The van der Waals surface area contributed by atoms with Crippen LogP contribution in [0.4, 0.5) is 5.82 Å². The molecule has 0 amide bonds. The molecule has 0 radical (unpaired) electrons. The van der Waals surface area contributed by atoms with Gasteiger partial charge in [-0.05, 0) is 24.8 Å². The van der Waals surface area contributed by atoms with Crippen molar-refractivity contribution in [3.63, 3.8) is 0 Å². The van der Waals surface area contributed by atoms with Crippen LogP contribution < -0.4 is 9.44 Å². The van der Waals surface area contributed by atoms with Crippen molar-refractivity contribution in [2.75, 3.05) is 11.4 Å². The lowest BCUT2D eigenvalue weighted by atomic mass is 9.96. The summed E-state index contributed by atoms with van der Waals surface area (Å²) in [6, 6.07) is 3.94. The van der Waals surface area contributed by atoms with Gasteiger partial charge in [-0.2, -0.15) is 18.8 Å². The number of nitrogens with one attached hydrogen (secondary N) is 1. The van der Waals surface area contributed by atoms with E-state index in [0.29, 0.717) is 29.2 Å². The Morgan fingerprint density at radius 2 is 2.17 bits per heavy atom. The van der Waals surface area contributed by atoms with E-state index >= 15 is 0 Å². The van der Waals surface area contributed by atoms with E-state index in [9.17, 15) is 13.7 Å². The quantitative estimate of drug-likeness (QED) is 0.631. The maximum Gasteiger partial charge on any atom is 0.299 e. The van der Waals surface area contributed by atoms with Crippen LogP contribution in [0.3, 0.4) is 0 Å². The van der Waals surface area contributed by atoms with Gasteiger partial charge in [0.15, 0.2) is 5.82 Å². The summed E-state index contributed by atoms with van der Waals surface area (Å²) in [7, 11) is -2.67. The van der Waals surface area contributed by atoms with Crippen molar-refractivity contribution in [2.45, 2.75) is 38.1 Å². The van der Waals surface area contributed by atoms with Crippen LogP contribution in [-0.2, 0) is 10.2 Å². The Labute approximate surface area is 168 Å². The topological polar surface area (TPSA) is 147 Å². The van der Waals surface area contributed by atoms with Gasteiger partial charge in [0.1, 0.15) is 12.0 Å². The number of hydrogen-bond donors (Lipinski definition) is 2. The third-order valence-electron chi connectivity index (χ3n) is 5.59. The molecule has 3 N–H and O–H groups in total. The third-order valence-corrected chi connectivity index (χ3v) is 6.52. The van der Waals surface area contributed by atoms with Gasteiger partial charge in [0.25, 0.3) is 10.2 Å². The van der Waals surface area contributed by atoms with Crippen LogP contribution in [0.5, 0.6) is 0 Å². The van der Waals surface area contributed by atoms with Gasteiger partial charge in [0.05, 0.1) is 29.8 Å². The first-order chi connectivity index (χ1) is 13.9. The highest BCUT2D eigenvalue weighted by Gasteiger charge is 2.30. The highest BCUT2D eigenvalue weighted by Crippen LogP contribution is 2.39. The highest BCUT2D eigenvalue weighted by molar-refractivity contribution is 7.90. The molecule has 3 aromatic heterocycles. The van der Waals surface area contributed by atoms with E-state index in [0.717, 1.165) is 35.4 Å². The van der Waals surface area contributed by atoms with Crippen LogP contribution in [-0.4, -0.2) is 40.2 Å². The van der Waals surface area contributed by atoms with Gasteiger partial charge in [0, 0.05) is 24.8 Å². The second-order valence-corrected chi connectivity index (χ2v) is 8.87. The summed E-state index contributed by atoms with van der Waals surface area (Å²) in [5.74, 6) is 0.502. The van der Waals surface area contributed by atoms with E-state index in [4.69, 9.17) is 5.14 Å². The summed E-state index contributed by atoms with van der Waals surface area (Å²) in [4.78, 5) is 11.6. The summed E-state index contributed by atoms with van der Waals surface area (Å²) in [6.07, 6.45) is 9.53. The van der Waals surface area contributed by atoms with Crippen LogP contribution in [0.15, 0.2) is 24.8 Å². The molecule has 3 heterocycles. The Bertz CT molecular complexity index is 1170. The molecule has 1 unspecified atom stereocenters. The minimum Gasteiger partial charge on any atom is -0.346 e. The molecule has 1 fully saturated rings. The predicted octanol–water partition coefficient (Wildman–Crippen LogP) is 2.11. The molecular weight excluding hydrogens is 392 g/mol. The first-order valence-corrected chi connectivity index (χ1v) is 10.9. The Balaban J connectivity index is 1.89. The second-order valence-electron chi connectivity index (χ2n) is 7.30. The van der Waals surface area contributed by atoms with Gasteiger partial charge in [-0.1, -0.05) is 12.8 Å². The first-order valence-electron chi connectivity index (χ1n) is 9.41. The minimum absolute atomic E-state index is 0.132. The van der Waals surface area contributed by atoms with E-state index < -0.39 is 10.2 Å². The third kappa shape index (κ3) is 3.56. The number of aromatic nitrogens is 5. The van der Waals surface area contributed by atoms with Crippen molar-refractivity contribution in [2.24, 2.45) is 11.1 Å². The van der Waals surface area contributed by atoms with Crippen molar-refractivity contribution >= 4 is 27.1 Å². The molecule has 0 spiro atoms. The first kappa shape index (κ1) is 19.4. The van der Waals surface area contributed by atoms with Gasteiger partial charge >= 0.3 is 0 Å². The smallest absolute Gasteiger partial charge is 0.299 e. The molecule has 0 aromatic carbocycles. The van der Waals surface area contributed by atoms with E-state index in [2.05, 4.69) is 26.1 Å². The van der Waals surface area contributed by atoms with Crippen LogP contribution in [0, 0.1) is 17.2 Å². The number of nitrogens with two attached hydrogens (primary N) is 1. The average Bonchev–Trinajstić information content (AvgIpc) is 3.44. The lowest BCUT2D eigenvalue weighted by Gasteiger charge is -2.21. The zero-order valence-electron chi connectivity index (χ0n) is 16.0. The van der Waals surface area contributed by atoms with Crippen molar-refractivity contribution in [3.05, 3.63) is 24.8 Å². The fraction of sp³-hybridized carbons (Fsp3) is 0.444. The van der Waals surface area contributed by atoms with Gasteiger partial charge in [-0.15, -0.1) is 0 Å². The van der Waals surface area contributed by atoms with Gasteiger partial charge < -0.3 is 4.98 Å². The molecule has 11 heteroatoms. The molecule has 3 aromatic rings. The van der Waals surface area contributed by atoms with E-state index in [1.807, 2.05) is 6.07 Å². The Morgan fingerprint density at radius 1 is 1.41 bits per heavy atom. The maximum absolute atomic E-state index is 12.1. The van der Waals surface area contributed by atoms with Gasteiger partial charge in [-0.25, -0.2) is 19.4 Å². The number of hydrogen-bond acceptors (Lipinski definition) is 6. The Morgan fingerprint density at radius 3 is 2.86 bits per heavy atom.